The fourth-order valence-corrected chi connectivity index (χ4v) is 3.22. The van der Waals surface area contributed by atoms with Crippen LogP contribution in [0.25, 0.3) is 0 Å². The first-order chi connectivity index (χ1) is 8.47. The fourth-order valence-electron chi connectivity index (χ4n) is 2.00. The van der Waals surface area contributed by atoms with Crippen LogP contribution in [0.1, 0.15) is 24.0 Å². The molecule has 1 heterocycles. The Balaban J connectivity index is 2.07. The number of Topliss-reactive ketones (excluding diaryl/α,β-unsaturated/α-hetero) is 1. The van der Waals surface area contributed by atoms with E-state index in [9.17, 15) is 18.0 Å². The highest BCUT2D eigenvalue weighted by Gasteiger charge is 2.31. The van der Waals surface area contributed by atoms with E-state index in [1.54, 1.807) is 17.8 Å². The van der Waals surface area contributed by atoms with Crippen molar-refractivity contribution in [2.75, 3.05) is 5.75 Å². The molecule has 0 aromatic heterocycles. The Kier molecular flexibility index (Phi) is 4.00. The lowest BCUT2D eigenvalue weighted by Gasteiger charge is -2.10. The summed E-state index contributed by atoms with van der Waals surface area (Å²) in [6, 6.07) is 5.02. The number of hydrogen-bond donors (Lipinski definition) is 0. The maximum absolute atomic E-state index is 12.5. The minimum Gasteiger partial charge on any atom is -0.298 e. The lowest BCUT2D eigenvalue weighted by atomic mass is 10.0. The zero-order valence-corrected chi connectivity index (χ0v) is 10.5. The first-order valence-corrected chi connectivity index (χ1v) is 6.82. The average Bonchev–Trinajstić information content (AvgIpc) is 2.81. The van der Waals surface area contributed by atoms with Gasteiger partial charge in [-0.2, -0.15) is 24.9 Å². The molecule has 1 fully saturated rings. The first kappa shape index (κ1) is 13.5. The van der Waals surface area contributed by atoms with Gasteiger partial charge >= 0.3 is 6.18 Å². The normalized spacial score (nSPS) is 20.1. The van der Waals surface area contributed by atoms with Crippen molar-refractivity contribution in [3.8, 4) is 0 Å². The summed E-state index contributed by atoms with van der Waals surface area (Å²) in [5.41, 5.74) is -0.241. The van der Waals surface area contributed by atoms with E-state index in [2.05, 4.69) is 0 Å². The summed E-state index contributed by atoms with van der Waals surface area (Å²) < 4.78 is 37.6. The van der Waals surface area contributed by atoms with E-state index in [1.807, 2.05) is 0 Å². The maximum atomic E-state index is 12.5. The molecule has 1 saturated heterocycles. The third-order valence-electron chi connectivity index (χ3n) is 2.92. The molecule has 1 aromatic carbocycles. The SMILES string of the molecule is O=C(Cc1cccc(C(F)(F)F)c1)C1CCCS1. The van der Waals surface area contributed by atoms with E-state index in [-0.39, 0.29) is 17.5 Å². The van der Waals surface area contributed by atoms with Gasteiger partial charge in [0.1, 0.15) is 5.78 Å². The molecule has 1 aromatic rings. The van der Waals surface area contributed by atoms with Crippen molar-refractivity contribution in [3.05, 3.63) is 35.4 Å². The molecule has 18 heavy (non-hydrogen) atoms. The van der Waals surface area contributed by atoms with Crippen molar-refractivity contribution >= 4 is 17.5 Å². The molecule has 1 unspecified atom stereocenters. The van der Waals surface area contributed by atoms with E-state index < -0.39 is 11.7 Å². The Hall–Kier alpha value is -0.970. The van der Waals surface area contributed by atoms with Crippen LogP contribution in [0.2, 0.25) is 0 Å². The van der Waals surface area contributed by atoms with Gasteiger partial charge in [-0.15, -0.1) is 0 Å². The molecular formula is C13H13F3OS. The molecule has 0 radical (unpaired) electrons. The lowest BCUT2D eigenvalue weighted by molar-refractivity contribution is -0.137. The molecule has 0 aliphatic carbocycles. The van der Waals surface area contributed by atoms with Crippen molar-refractivity contribution < 1.29 is 18.0 Å². The summed E-state index contributed by atoms with van der Waals surface area (Å²) in [5.74, 6) is 1.01. The monoisotopic (exact) mass is 274 g/mol. The average molecular weight is 274 g/mol. The van der Waals surface area contributed by atoms with Gasteiger partial charge < -0.3 is 0 Å². The standard InChI is InChI=1S/C13H13F3OS/c14-13(15,16)10-4-1-3-9(7-10)8-11(17)12-5-2-6-18-12/h1,3-4,7,12H,2,5-6,8H2. The van der Waals surface area contributed by atoms with E-state index in [4.69, 9.17) is 0 Å². The molecule has 2 rings (SSSR count). The summed E-state index contributed by atoms with van der Waals surface area (Å²) in [5, 5.41) is -0.0282. The van der Waals surface area contributed by atoms with Gasteiger partial charge in [0.15, 0.2) is 0 Å². The summed E-state index contributed by atoms with van der Waals surface area (Å²) >= 11 is 1.61. The summed E-state index contributed by atoms with van der Waals surface area (Å²) in [7, 11) is 0. The number of ketones is 1. The maximum Gasteiger partial charge on any atom is 0.416 e. The molecule has 0 bridgehead atoms. The number of alkyl halides is 3. The van der Waals surface area contributed by atoms with Crippen LogP contribution in [0.15, 0.2) is 24.3 Å². The van der Waals surface area contributed by atoms with Crippen molar-refractivity contribution in [2.45, 2.75) is 30.7 Å². The van der Waals surface area contributed by atoms with Gasteiger partial charge in [-0.25, -0.2) is 0 Å². The number of carbonyl (C=O) groups is 1. The molecule has 0 amide bonds. The smallest absolute Gasteiger partial charge is 0.298 e. The van der Waals surface area contributed by atoms with Crippen molar-refractivity contribution in [2.24, 2.45) is 0 Å². The fraction of sp³-hybridized carbons (Fsp3) is 0.462. The van der Waals surface area contributed by atoms with Gasteiger partial charge in [-0.1, -0.05) is 18.2 Å². The highest BCUT2D eigenvalue weighted by atomic mass is 32.2. The predicted octanol–water partition coefficient (Wildman–Crippen LogP) is 3.71. The predicted molar refractivity (Wildman–Crippen MR) is 65.6 cm³/mol. The number of hydrogen-bond acceptors (Lipinski definition) is 2. The van der Waals surface area contributed by atoms with Gasteiger partial charge in [0.25, 0.3) is 0 Å². The Morgan fingerprint density at radius 2 is 2.17 bits per heavy atom. The molecule has 5 heteroatoms. The summed E-state index contributed by atoms with van der Waals surface area (Å²) in [4.78, 5) is 11.9. The molecule has 1 aliphatic rings. The number of rotatable bonds is 3. The largest absolute Gasteiger partial charge is 0.416 e. The molecular weight excluding hydrogens is 261 g/mol. The minimum atomic E-state index is -4.35. The van der Waals surface area contributed by atoms with Gasteiger partial charge in [0.05, 0.1) is 10.8 Å². The number of thioether (sulfide) groups is 1. The van der Waals surface area contributed by atoms with Crippen LogP contribution >= 0.6 is 11.8 Å². The van der Waals surface area contributed by atoms with Crippen LogP contribution in [0.5, 0.6) is 0 Å². The molecule has 1 atom stereocenters. The zero-order chi connectivity index (χ0) is 13.2. The second-order valence-electron chi connectivity index (χ2n) is 4.34. The lowest BCUT2D eigenvalue weighted by Crippen LogP contribution is -2.16. The van der Waals surface area contributed by atoms with Gasteiger partial charge in [-0.05, 0) is 30.2 Å². The molecule has 0 saturated carbocycles. The van der Waals surface area contributed by atoms with Gasteiger partial charge in [0.2, 0.25) is 0 Å². The highest BCUT2D eigenvalue weighted by molar-refractivity contribution is 8.00. The van der Waals surface area contributed by atoms with Crippen molar-refractivity contribution in [3.63, 3.8) is 0 Å². The Labute approximate surface area is 108 Å². The summed E-state index contributed by atoms with van der Waals surface area (Å²) in [6.07, 6.45) is -2.38. The Bertz CT molecular complexity index is 436. The van der Waals surface area contributed by atoms with Crippen LogP contribution in [0, 0.1) is 0 Å². The number of benzene rings is 1. The molecule has 0 spiro atoms. The van der Waals surface area contributed by atoms with Crippen LogP contribution in [-0.2, 0) is 17.4 Å². The van der Waals surface area contributed by atoms with Crippen LogP contribution in [0.3, 0.4) is 0 Å². The molecule has 1 nitrogen and oxygen atoms in total. The number of halogens is 3. The molecule has 1 aliphatic heterocycles. The first-order valence-electron chi connectivity index (χ1n) is 5.77. The van der Waals surface area contributed by atoms with E-state index in [0.717, 1.165) is 30.7 Å². The Morgan fingerprint density at radius 3 is 2.78 bits per heavy atom. The second kappa shape index (κ2) is 5.34. The molecule has 98 valence electrons. The zero-order valence-electron chi connectivity index (χ0n) is 9.67. The topological polar surface area (TPSA) is 17.1 Å². The third-order valence-corrected chi connectivity index (χ3v) is 4.35. The van der Waals surface area contributed by atoms with Gasteiger partial charge in [-0.3, -0.25) is 4.79 Å². The second-order valence-corrected chi connectivity index (χ2v) is 5.65. The van der Waals surface area contributed by atoms with Crippen LogP contribution < -0.4 is 0 Å². The van der Waals surface area contributed by atoms with Crippen molar-refractivity contribution in [1.82, 2.24) is 0 Å². The Morgan fingerprint density at radius 1 is 1.39 bits per heavy atom. The highest BCUT2D eigenvalue weighted by Crippen LogP contribution is 2.31. The summed E-state index contributed by atoms with van der Waals surface area (Å²) in [6.45, 7) is 0. The quantitative estimate of drug-likeness (QED) is 0.835. The van der Waals surface area contributed by atoms with E-state index in [0.29, 0.717) is 5.56 Å². The van der Waals surface area contributed by atoms with E-state index in [1.165, 1.54) is 6.07 Å². The van der Waals surface area contributed by atoms with E-state index >= 15 is 0 Å². The number of carbonyl (C=O) groups excluding carboxylic acids is 1. The van der Waals surface area contributed by atoms with Crippen LogP contribution in [-0.4, -0.2) is 16.8 Å². The van der Waals surface area contributed by atoms with Gasteiger partial charge in [0, 0.05) is 6.42 Å². The van der Waals surface area contributed by atoms with Crippen molar-refractivity contribution in [1.29, 1.82) is 0 Å². The van der Waals surface area contributed by atoms with Crippen LogP contribution in [0.4, 0.5) is 13.2 Å². The minimum absolute atomic E-state index is 0.0282. The third kappa shape index (κ3) is 3.28. The molecule has 0 N–H and O–H groups in total.